The van der Waals surface area contributed by atoms with E-state index in [1.54, 1.807) is 23.1 Å². The smallest absolute Gasteiger partial charge is 0.305 e. The lowest BCUT2D eigenvalue weighted by Crippen LogP contribution is -2.30. The Hall–Kier alpha value is -2.67. The third kappa shape index (κ3) is 4.49. The fourth-order valence-corrected chi connectivity index (χ4v) is 3.81. The highest BCUT2D eigenvalue weighted by atomic mass is 32.1. The largest absolute Gasteiger partial charge is 0.481 e. The molecule has 1 fully saturated rings. The highest BCUT2D eigenvalue weighted by Crippen LogP contribution is 2.23. The minimum Gasteiger partial charge on any atom is -0.481 e. The molecule has 0 aliphatic carbocycles. The van der Waals surface area contributed by atoms with E-state index in [0.717, 1.165) is 23.4 Å². The van der Waals surface area contributed by atoms with E-state index in [4.69, 9.17) is 5.11 Å². The molecule has 26 heavy (non-hydrogen) atoms. The van der Waals surface area contributed by atoms with Gasteiger partial charge in [-0.2, -0.15) is 0 Å². The molecule has 0 radical (unpaired) electrons. The van der Waals surface area contributed by atoms with Crippen LogP contribution < -0.4 is 5.32 Å². The molecule has 7 heteroatoms. The summed E-state index contributed by atoms with van der Waals surface area (Å²) in [4.78, 5) is 38.1. The van der Waals surface area contributed by atoms with Gasteiger partial charge in [0.1, 0.15) is 0 Å². The van der Waals surface area contributed by atoms with Crippen LogP contribution in [0.15, 0.2) is 41.8 Å². The monoisotopic (exact) mass is 372 g/mol. The third-order valence-corrected chi connectivity index (χ3v) is 5.29. The van der Waals surface area contributed by atoms with Crippen molar-refractivity contribution < 1.29 is 19.5 Å². The van der Waals surface area contributed by atoms with Gasteiger partial charge in [-0.3, -0.25) is 14.4 Å². The average molecular weight is 372 g/mol. The summed E-state index contributed by atoms with van der Waals surface area (Å²) in [6, 6.07) is 10.2. The average Bonchev–Trinajstić information content (AvgIpc) is 3.27. The molecule has 2 amide bonds. The van der Waals surface area contributed by atoms with Gasteiger partial charge in [-0.25, -0.2) is 0 Å². The Labute approximate surface area is 155 Å². The number of carboxylic acid groups (broad SMARTS) is 1. The Balaban J connectivity index is 1.71. The standard InChI is InChI=1S/C19H20N2O4S/c22-17-7-2-8-21(17)12-13-4-1-5-14(10-13)19(25)20-15(11-18(23)24)16-6-3-9-26-16/h1,3-6,9-10,15H,2,7-8,11-12H2,(H,20,25)(H,23,24)/t15-/m1/s1. The number of likely N-dealkylation sites (tertiary alicyclic amines) is 1. The van der Waals surface area contributed by atoms with Crippen LogP contribution in [0.3, 0.4) is 0 Å². The number of hydrogen-bond acceptors (Lipinski definition) is 4. The lowest BCUT2D eigenvalue weighted by atomic mass is 10.1. The second-order valence-electron chi connectivity index (χ2n) is 6.26. The molecule has 6 nitrogen and oxygen atoms in total. The maximum absolute atomic E-state index is 12.6. The van der Waals surface area contributed by atoms with Crippen molar-refractivity contribution in [2.45, 2.75) is 31.8 Å². The van der Waals surface area contributed by atoms with Gasteiger partial charge in [0.15, 0.2) is 0 Å². The van der Waals surface area contributed by atoms with Crippen LogP contribution in [0.1, 0.15) is 46.1 Å². The fourth-order valence-electron chi connectivity index (χ4n) is 3.03. The zero-order valence-corrected chi connectivity index (χ0v) is 15.0. The van der Waals surface area contributed by atoms with Crippen LogP contribution in [-0.4, -0.2) is 34.3 Å². The van der Waals surface area contributed by atoms with Crippen LogP contribution in [0.2, 0.25) is 0 Å². The van der Waals surface area contributed by atoms with E-state index < -0.39 is 12.0 Å². The van der Waals surface area contributed by atoms with Crippen LogP contribution in [0.4, 0.5) is 0 Å². The molecule has 2 N–H and O–H groups in total. The van der Waals surface area contributed by atoms with Gasteiger partial charge in [-0.05, 0) is 35.6 Å². The summed E-state index contributed by atoms with van der Waals surface area (Å²) in [5.41, 5.74) is 1.35. The van der Waals surface area contributed by atoms with Crippen LogP contribution in [0.25, 0.3) is 0 Å². The van der Waals surface area contributed by atoms with E-state index in [2.05, 4.69) is 5.32 Å². The molecular weight excluding hydrogens is 352 g/mol. The number of rotatable bonds is 7. The Kier molecular flexibility index (Phi) is 5.68. The minimum atomic E-state index is -0.968. The van der Waals surface area contributed by atoms with E-state index in [9.17, 15) is 14.4 Å². The number of thiophene rings is 1. The lowest BCUT2D eigenvalue weighted by molar-refractivity contribution is -0.137. The fraction of sp³-hybridized carbons (Fsp3) is 0.316. The van der Waals surface area contributed by atoms with E-state index in [-0.39, 0.29) is 18.2 Å². The SMILES string of the molecule is O=C(O)C[C@@H](NC(=O)c1cccc(CN2CCCC2=O)c1)c1cccs1. The number of carboxylic acids is 1. The summed E-state index contributed by atoms with van der Waals surface area (Å²) in [6.45, 7) is 1.23. The Morgan fingerprint density at radius 3 is 2.77 bits per heavy atom. The van der Waals surface area contributed by atoms with Crippen molar-refractivity contribution >= 4 is 29.1 Å². The first kappa shape index (κ1) is 18.1. The molecule has 1 aromatic carbocycles. The summed E-state index contributed by atoms with van der Waals surface area (Å²) in [5, 5.41) is 13.8. The normalized spacial score (nSPS) is 15.1. The number of benzene rings is 1. The van der Waals surface area contributed by atoms with Crippen molar-refractivity contribution in [3.05, 3.63) is 57.8 Å². The topological polar surface area (TPSA) is 86.7 Å². The summed E-state index contributed by atoms with van der Waals surface area (Å²) in [5.74, 6) is -1.15. The maximum Gasteiger partial charge on any atom is 0.305 e. The van der Waals surface area contributed by atoms with E-state index in [1.165, 1.54) is 11.3 Å². The molecule has 1 aromatic heterocycles. The maximum atomic E-state index is 12.6. The van der Waals surface area contributed by atoms with Gasteiger partial charge in [0.05, 0.1) is 12.5 Å². The first-order chi connectivity index (χ1) is 12.5. The Morgan fingerprint density at radius 1 is 1.27 bits per heavy atom. The molecule has 0 unspecified atom stereocenters. The van der Waals surface area contributed by atoms with E-state index in [1.807, 2.05) is 23.6 Å². The van der Waals surface area contributed by atoms with Gasteiger partial charge in [0.25, 0.3) is 5.91 Å². The first-order valence-electron chi connectivity index (χ1n) is 8.45. The van der Waals surface area contributed by atoms with Gasteiger partial charge in [0.2, 0.25) is 5.91 Å². The summed E-state index contributed by atoms with van der Waals surface area (Å²) < 4.78 is 0. The first-order valence-corrected chi connectivity index (χ1v) is 9.33. The molecule has 136 valence electrons. The second kappa shape index (κ2) is 8.14. The molecule has 2 aromatic rings. The zero-order valence-electron chi connectivity index (χ0n) is 14.2. The molecule has 0 saturated carbocycles. The predicted molar refractivity (Wildman–Crippen MR) is 97.9 cm³/mol. The number of amides is 2. The molecule has 3 rings (SSSR count). The van der Waals surface area contributed by atoms with Gasteiger partial charge >= 0.3 is 5.97 Å². The predicted octanol–water partition coefficient (Wildman–Crippen LogP) is 2.82. The Morgan fingerprint density at radius 2 is 2.12 bits per heavy atom. The Bertz CT molecular complexity index is 804. The van der Waals surface area contributed by atoms with Crippen LogP contribution >= 0.6 is 11.3 Å². The van der Waals surface area contributed by atoms with Crippen molar-refractivity contribution in [2.24, 2.45) is 0 Å². The summed E-state index contributed by atoms with van der Waals surface area (Å²) >= 11 is 1.41. The van der Waals surface area contributed by atoms with E-state index >= 15 is 0 Å². The lowest BCUT2D eigenvalue weighted by Gasteiger charge is -2.17. The number of nitrogens with one attached hydrogen (secondary N) is 1. The van der Waals surface area contributed by atoms with E-state index in [0.29, 0.717) is 18.5 Å². The quantitative estimate of drug-likeness (QED) is 0.782. The molecule has 1 aliphatic heterocycles. The number of carbonyl (C=O) groups is 3. The van der Waals surface area contributed by atoms with Crippen molar-refractivity contribution in [3.63, 3.8) is 0 Å². The van der Waals surface area contributed by atoms with Crippen molar-refractivity contribution in [3.8, 4) is 0 Å². The minimum absolute atomic E-state index is 0.138. The number of aliphatic carboxylic acids is 1. The summed E-state index contributed by atoms with van der Waals surface area (Å²) in [7, 11) is 0. The van der Waals surface area contributed by atoms with Gasteiger partial charge < -0.3 is 15.3 Å². The molecule has 0 spiro atoms. The van der Waals surface area contributed by atoms with Crippen molar-refractivity contribution in [1.82, 2.24) is 10.2 Å². The number of carbonyl (C=O) groups excluding carboxylic acids is 2. The van der Waals surface area contributed by atoms with Gasteiger partial charge in [-0.1, -0.05) is 18.2 Å². The van der Waals surface area contributed by atoms with Crippen molar-refractivity contribution in [1.29, 1.82) is 0 Å². The van der Waals surface area contributed by atoms with Gasteiger partial charge in [0, 0.05) is 30.0 Å². The van der Waals surface area contributed by atoms with Crippen LogP contribution in [-0.2, 0) is 16.1 Å². The highest BCUT2D eigenvalue weighted by molar-refractivity contribution is 7.10. The van der Waals surface area contributed by atoms with Crippen LogP contribution in [0.5, 0.6) is 0 Å². The van der Waals surface area contributed by atoms with Crippen LogP contribution in [0, 0.1) is 0 Å². The summed E-state index contributed by atoms with van der Waals surface area (Å²) in [6.07, 6.45) is 1.28. The molecule has 2 heterocycles. The van der Waals surface area contributed by atoms with Gasteiger partial charge in [-0.15, -0.1) is 11.3 Å². The zero-order chi connectivity index (χ0) is 18.5. The number of hydrogen-bond donors (Lipinski definition) is 2. The molecule has 1 atom stereocenters. The molecule has 1 saturated heterocycles. The second-order valence-corrected chi connectivity index (χ2v) is 7.24. The third-order valence-electron chi connectivity index (χ3n) is 4.30. The molecular formula is C19H20N2O4S. The molecule has 0 bridgehead atoms. The number of nitrogens with zero attached hydrogens (tertiary/aromatic N) is 1. The van der Waals surface area contributed by atoms with Crippen molar-refractivity contribution in [2.75, 3.05) is 6.54 Å². The molecule has 1 aliphatic rings. The highest BCUT2D eigenvalue weighted by Gasteiger charge is 2.22.